The highest BCUT2D eigenvalue weighted by atomic mass is 33.1. The van der Waals surface area contributed by atoms with E-state index in [9.17, 15) is 92.3 Å². The van der Waals surface area contributed by atoms with Gasteiger partial charge in [0.1, 0.15) is 35.1 Å². The molecule has 1 aliphatic heterocycles. The molecule has 0 spiro atoms. The molecule has 0 bridgehead atoms. The molecular formula is C81H120N12O24S3. The summed E-state index contributed by atoms with van der Waals surface area (Å²) < 4.78 is 16.9. The lowest BCUT2D eigenvalue weighted by molar-refractivity contribution is -0.162. The van der Waals surface area contributed by atoms with Gasteiger partial charge >= 0.3 is 54.0 Å². The van der Waals surface area contributed by atoms with Crippen LogP contribution in [-0.4, -0.2) is 223 Å². The third-order valence-electron chi connectivity index (χ3n) is 20.4. The summed E-state index contributed by atoms with van der Waals surface area (Å²) in [5.41, 5.74) is 6.21. The summed E-state index contributed by atoms with van der Waals surface area (Å²) in [6.45, 7) is 16.0. The summed E-state index contributed by atoms with van der Waals surface area (Å²) in [5.74, 6) is -14.4. The number of nitrogens with one attached hydrogen (secondary N) is 9. The number of carbonyl (C=O) groups excluding carboxylic acids is 12. The normalized spacial score (nSPS) is 15.4. The molecule has 4 rings (SSSR count). The van der Waals surface area contributed by atoms with Gasteiger partial charge in [0, 0.05) is 105 Å². The van der Waals surface area contributed by atoms with Gasteiger partial charge in [-0.25, -0.2) is 34.4 Å². The number of urea groups is 2. The van der Waals surface area contributed by atoms with Crippen LogP contribution in [0.5, 0.6) is 5.75 Å². The van der Waals surface area contributed by atoms with Crippen molar-refractivity contribution < 1.29 is 116 Å². The van der Waals surface area contributed by atoms with E-state index in [1.54, 1.807) is 57.2 Å². The molecule has 2 heterocycles. The van der Waals surface area contributed by atoms with Gasteiger partial charge in [0.2, 0.25) is 23.6 Å². The number of aromatic nitrogens is 1. The minimum atomic E-state index is -1.56. The monoisotopic (exact) mass is 1740 g/mol. The number of carbonyl (C=O) groups is 16. The van der Waals surface area contributed by atoms with E-state index >= 15 is 4.79 Å². The molecule has 3 aromatic rings. The zero-order valence-electron chi connectivity index (χ0n) is 69.9. The highest BCUT2D eigenvalue weighted by molar-refractivity contribution is 8.76. The molecule has 2 aromatic carbocycles. The number of phenols is 1. The summed E-state index contributed by atoms with van der Waals surface area (Å²) in [4.78, 5) is 216. The molecule has 10 amide bonds. The van der Waals surface area contributed by atoms with Gasteiger partial charge in [-0.15, -0.1) is 11.3 Å². The van der Waals surface area contributed by atoms with Crippen LogP contribution in [0.25, 0.3) is 0 Å². The van der Waals surface area contributed by atoms with Crippen LogP contribution in [0.4, 0.5) is 14.4 Å². The van der Waals surface area contributed by atoms with E-state index in [2.05, 4.69) is 53.1 Å². The minimum Gasteiger partial charge on any atom is -0.508 e. The van der Waals surface area contributed by atoms with Crippen molar-refractivity contribution >= 4 is 128 Å². The van der Waals surface area contributed by atoms with Gasteiger partial charge in [0.15, 0.2) is 24.4 Å². The van der Waals surface area contributed by atoms with Crippen molar-refractivity contribution in [1.82, 2.24) is 62.9 Å². The molecule has 1 saturated heterocycles. The number of likely N-dealkylation sites (N-methyl/N-ethyl adjacent to an activating group) is 1. The van der Waals surface area contributed by atoms with Crippen LogP contribution >= 0.6 is 32.9 Å². The number of ether oxygens (including phenoxy) is 3. The second-order valence-electron chi connectivity index (χ2n) is 30.3. The summed E-state index contributed by atoms with van der Waals surface area (Å²) in [6.07, 6.45) is 1.13. The number of piperidine rings is 1. The number of hydrazine groups is 1. The van der Waals surface area contributed by atoms with Gasteiger partial charge in [0.05, 0.1) is 24.9 Å². The smallest absolute Gasteiger partial charge is 0.426 e. The number of hydrogen-bond donors (Lipinski definition) is 14. The number of unbranched alkanes of at least 4 members (excludes halogenated alkanes) is 1. The van der Waals surface area contributed by atoms with E-state index in [-0.39, 0.29) is 142 Å². The molecule has 0 aliphatic carbocycles. The first-order chi connectivity index (χ1) is 56.9. The first kappa shape index (κ1) is 102. The number of phenolic OH excluding ortho intramolecular Hbond substituents is 1. The average molecular weight is 1740 g/mol. The van der Waals surface area contributed by atoms with Crippen molar-refractivity contribution in [2.75, 3.05) is 51.5 Å². The number of likely N-dealkylation sites (tertiary alicyclic amines) is 1. The molecule has 12 atom stereocenters. The third kappa shape index (κ3) is 38.1. The number of nitrogens with zero attached hydrogens (tertiary/aromatic N) is 3. The standard InChI is InChI=1S/C81H120N12O24S3/c1-11-19-71(103)116-46-93(76(107)58(49(7)13-3)40-66(97)63-21-15-17-33-92(63)10)64(47(4)5)42-67(117-51(9)94)75-88-61(44-118-75)74(106)85-55(37-52-27-29-56(95)30-28-52)36-50(8)72(104)90-91-81(114)115-34-35-119-120-45-62(78(110)111)87-73(105)57(48(6)12-2)39-65(96)60(41-70(101)102)86-68(98)38-53-23-25-54(26-24-53)43-84-79(112)82-31-16-14-20-59(77(108)109)89-80(113)83-32-18-22-69(99)100/h23-30,44,47-50,55,57-60,62-64,67,95H,11-22,31-43,45-46H2,1-10H3,(H,85,106)(H,86,98)(H,87,105)(H,90,104)(H,91,114)(H,99,100)(H,101,102)(H,108,109)(H,110,111)(H2,82,84,112)(H2,83,89,113)/t48?,49?,50-,55+,57-,58-,59-,60-,62-,63+,64+,67+/m0/s1. The summed E-state index contributed by atoms with van der Waals surface area (Å²) in [5, 5.41) is 67.8. The number of benzene rings is 2. The number of thiazole rings is 1. The zero-order chi connectivity index (χ0) is 89.1. The first-order valence-electron chi connectivity index (χ1n) is 40.5. The number of carboxylic acid groups (broad SMARTS) is 4. The van der Waals surface area contributed by atoms with Crippen LogP contribution < -0.4 is 48.1 Å². The maximum absolute atomic E-state index is 15.1. The Labute approximate surface area is 710 Å². The number of amides is 10. The maximum Gasteiger partial charge on any atom is 0.426 e. The van der Waals surface area contributed by atoms with Crippen molar-refractivity contribution in [3.05, 3.63) is 81.3 Å². The van der Waals surface area contributed by atoms with E-state index in [0.717, 1.165) is 52.3 Å². The molecule has 14 N–H and O–H groups in total. The van der Waals surface area contributed by atoms with Gasteiger partial charge in [0.25, 0.3) is 5.91 Å². The number of ketones is 2. The number of rotatable bonds is 55. The predicted octanol–water partition coefficient (Wildman–Crippen LogP) is 7.59. The molecule has 666 valence electrons. The molecule has 0 saturated carbocycles. The number of carboxylic acids is 4. The van der Waals surface area contributed by atoms with Crippen molar-refractivity contribution in [3.8, 4) is 5.75 Å². The fourth-order valence-electron chi connectivity index (χ4n) is 13.1. The fraction of sp³-hybridized carbons (Fsp3) is 0.617. The molecule has 2 unspecified atom stereocenters. The largest absolute Gasteiger partial charge is 0.508 e. The highest BCUT2D eigenvalue weighted by Gasteiger charge is 2.41. The van der Waals surface area contributed by atoms with E-state index in [0.29, 0.717) is 55.2 Å². The first-order valence-corrected chi connectivity index (χ1v) is 43.8. The van der Waals surface area contributed by atoms with Crippen LogP contribution in [0.15, 0.2) is 53.9 Å². The second-order valence-corrected chi connectivity index (χ2v) is 33.8. The Morgan fingerprint density at radius 3 is 1.93 bits per heavy atom. The van der Waals surface area contributed by atoms with Crippen molar-refractivity contribution in [2.24, 2.45) is 35.5 Å². The Morgan fingerprint density at radius 2 is 1.31 bits per heavy atom. The Hall–Kier alpha value is -10.2. The molecule has 39 heteroatoms. The zero-order valence-corrected chi connectivity index (χ0v) is 72.3. The highest BCUT2D eigenvalue weighted by Crippen LogP contribution is 2.35. The molecule has 0 radical (unpaired) electrons. The van der Waals surface area contributed by atoms with Crippen LogP contribution in [-0.2, 0) is 91.1 Å². The second kappa shape index (κ2) is 54.2. The van der Waals surface area contributed by atoms with Crippen LogP contribution in [0.1, 0.15) is 210 Å². The van der Waals surface area contributed by atoms with Gasteiger partial charge in [-0.2, -0.15) is 0 Å². The van der Waals surface area contributed by atoms with E-state index in [4.69, 9.17) is 19.3 Å². The van der Waals surface area contributed by atoms with E-state index in [1.165, 1.54) is 29.3 Å². The van der Waals surface area contributed by atoms with E-state index in [1.807, 2.05) is 46.6 Å². The predicted molar refractivity (Wildman–Crippen MR) is 445 cm³/mol. The Morgan fingerprint density at radius 1 is 0.658 bits per heavy atom. The SMILES string of the molecule is CCCC(=O)OCN(C(=O)[C@@H](CC(=O)[C@H]1CCCCN1C)C(C)CC)[C@H](C[C@@H](OC(C)=O)c1nc(C(=O)N[C@@H](Cc2ccc(O)cc2)C[C@H](C)C(=O)NNC(=O)OCCSSC[C@H](NC(=O)[C@@H](CC(=O)[C@H](CC(=O)O)NC(=O)Cc2ccc(CNC(=O)NCCCC[C@H](NC(=O)NCCCC(=O)O)C(=O)O)cc2)C(C)CC)C(=O)O)cs1)C(C)C. The molecule has 120 heavy (non-hydrogen) atoms. The molecule has 36 nitrogen and oxygen atoms in total. The number of hydrogen-bond acceptors (Lipinski definition) is 25. The maximum atomic E-state index is 15.1. The van der Waals surface area contributed by atoms with E-state index < -0.39 is 163 Å². The topological polar surface area (TPSA) is 530 Å². The Balaban J connectivity index is 1.29. The Bertz CT molecular complexity index is 3890. The summed E-state index contributed by atoms with van der Waals surface area (Å²) >= 11 is 1.03. The van der Waals surface area contributed by atoms with Gasteiger partial charge < -0.3 is 81.9 Å². The minimum absolute atomic E-state index is 0.00245. The van der Waals surface area contributed by atoms with Crippen LogP contribution in [0.2, 0.25) is 0 Å². The lowest BCUT2D eigenvalue weighted by Gasteiger charge is -2.39. The molecule has 1 fully saturated rings. The summed E-state index contributed by atoms with van der Waals surface area (Å²) in [7, 11) is 4.02. The van der Waals surface area contributed by atoms with Gasteiger partial charge in [-0.05, 0) is 118 Å². The fourth-order valence-corrected chi connectivity index (χ4v) is 16.0. The van der Waals surface area contributed by atoms with Crippen molar-refractivity contribution in [3.63, 3.8) is 0 Å². The third-order valence-corrected chi connectivity index (χ3v) is 23.7. The number of esters is 2. The van der Waals surface area contributed by atoms with Gasteiger partial charge in [-0.3, -0.25) is 63.1 Å². The van der Waals surface area contributed by atoms with Crippen molar-refractivity contribution in [2.45, 2.75) is 233 Å². The average Bonchev–Trinajstić information content (AvgIpc) is 1.27. The molecule has 1 aromatic heterocycles. The van der Waals surface area contributed by atoms with Gasteiger partial charge in [-0.1, -0.05) is 133 Å². The Kier molecular flexibility index (Phi) is 46.2. The summed E-state index contributed by atoms with van der Waals surface area (Å²) in [6, 6.07) is 5.26. The lowest BCUT2D eigenvalue weighted by atomic mass is 9.82. The number of aliphatic carboxylic acids is 4. The number of Topliss-reactive ketones (excluding diaryl/α,β-unsaturated/α-hetero) is 2. The quantitative estimate of drug-likeness (QED) is 0.00646. The molecular weight excluding hydrogens is 1620 g/mol. The van der Waals surface area contributed by atoms with Crippen LogP contribution in [0.3, 0.4) is 0 Å². The van der Waals surface area contributed by atoms with Crippen molar-refractivity contribution in [1.29, 1.82) is 0 Å². The number of aromatic hydroxyl groups is 1. The molecule has 1 aliphatic rings. The lowest BCUT2D eigenvalue weighted by Crippen LogP contribution is -2.50. The van der Waals surface area contributed by atoms with Crippen LogP contribution in [0, 0.1) is 35.5 Å².